The summed E-state index contributed by atoms with van der Waals surface area (Å²) in [7, 11) is 0. The highest BCUT2D eigenvalue weighted by Gasteiger charge is 2.16. The van der Waals surface area contributed by atoms with Gasteiger partial charge in [0.25, 0.3) is 0 Å². The predicted molar refractivity (Wildman–Crippen MR) is 147 cm³/mol. The molecule has 1 heterocycles. The zero-order chi connectivity index (χ0) is 27.8. The van der Waals surface area contributed by atoms with Gasteiger partial charge in [0.05, 0.1) is 4.92 Å². The number of amides is 1. The summed E-state index contributed by atoms with van der Waals surface area (Å²) in [6.45, 7) is 6.59. The van der Waals surface area contributed by atoms with E-state index in [1.54, 1.807) is 42.5 Å². The fourth-order valence-corrected chi connectivity index (χ4v) is 3.81. The van der Waals surface area contributed by atoms with Gasteiger partial charge in [0.2, 0.25) is 5.75 Å². The molecule has 10 heteroatoms. The Morgan fingerprint density at radius 1 is 0.949 bits per heavy atom. The van der Waals surface area contributed by atoms with Crippen LogP contribution in [-0.2, 0) is 11.2 Å². The highest BCUT2D eigenvalue weighted by Crippen LogP contribution is 2.31. The van der Waals surface area contributed by atoms with Crippen LogP contribution in [0.1, 0.15) is 26.3 Å². The van der Waals surface area contributed by atoms with E-state index in [1.165, 1.54) is 6.07 Å². The van der Waals surface area contributed by atoms with Crippen LogP contribution in [0.5, 0.6) is 23.0 Å². The Bertz CT molecular complexity index is 1430. The number of H-pyrrole nitrogens is 1. The summed E-state index contributed by atoms with van der Waals surface area (Å²) in [6, 6.07) is 18.8. The molecule has 0 aliphatic rings. The zero-order valence-electron chi connectivity index (χ0n) is 22.1. The van der Waals surface area contributed by atoms with Gasteiger partial charge in [-0.1, -0.05) is 12.1 Å². The van der Waals surface area contributed by atoms with Gasteiger partial charge >= 0.3 is 11.8 Å². The van der Waals surface area contributed by atoms with Crippen molar-refractivity contribution in [3.63, 3.8) is 0 Å². The average molecular weight is 534 g/mol. The maximum absolute atomic E-state index is 11.9. The van der Waals surface area contributed by atoms with Crippen molar-refractivity contribution in [1.82, 2.24) is 10.3 Å². The third kappa shape index (κ3) is 7.88. The van der Waals surface area contributed by atoms with Crippen LogP contribution in [0.3, 0.4) is 0 Å². The van der Waals surface area contributed by atoms with E-state index in [1.807, 2.05) is 45.2 Å². The van der Waals surface area contributed by atoms with Crippen molar-refractivity contribution in [1.29, 1.82) is 0 Å². The Balaban J connectivity index is 1.25. The van der Waals surface area contributed by atoms with Gasteiger partial charge in [0, 0.05) is 29.7 Å². The molecule has 10 nitrogen and oxygen atoms in total. The normalized spacial score (nSPS) is 11.2. The largest absolute Gasteiger partial charge is 0.490 e. The van der Waals surface area contributed by atoms with Crippen molar-refractivity contribution < 1.29 is 28.7 Å². The number of aromatic amines is 1. The van der Waals surface area contributed by atoms with Gasteiger partial charge in [-0.15, -0.1) is 0 Å². The van der Waals surface area contributed by atoms with Crippen molar-refractivity contribution in [3.05, 3.63) is 88.6 Å². The number of aromatic nitrogens is 1. The standard InChI is InChI=1S/C29H31N3O7/c1-29(2,3)39-28(33)30-15-14-20-19-31-25-13-12-23(18-24(20)25)37-17-16-36-21-8-10-22(11-9-21)38-27-7-5-4-6-26(27)32(34)35/h4-13,18-19,31H,14-17H2,1-3H3,(H,30,33). The number of ether oxygens (including phenoxy) is 4. The lowest BCUT2D eigenvalue weighted by molar-refractivity contribution is -0.385. The lowest BCUT2D eigenvalue weighted by Crippen LogP contribution is -2.33. The molecule has 1 amide bonds. The van der Waals surface area contributed by atoms with Crippen molar-refractivity contribution >= 4 is 22.7 Å². The van der Waals surface area contributed by atoms with Crippen molar-refractivity contribution in [3.8, 4) is 23.0 Å². The van der Waals surface area contributed by atoms with Crippen LogP contribution in [-0.4, -0.2) is 41.4 Å². The Labute approximate surface area is 226 Å². The number of para-hydroxylation sites is 2. The highest BCUT2D eigenvalue weighted by atomic mass is 16.6. The fraction of sp³-hybridized carbons (Fsp3) is 0.276. The van der Waals surface area contributed by atoms with E-state index in [0.29, 0.717) is 43.4 Å². The number of hydrogen-bond acceptors (Lipinski definition) is 7. The zero-order valence-corrected chi connectivity index (χ0v) is 22.1. The highest BCUT2D eigenvalue weighted by molar-refractivity contribution is 5.84. The summed E-state index contributed by atoms with van der Waals surface area (Å²) >= 11 is 0. The van der Waals surface area contributed by atoms with E-state index in [2.05, 4.69) is 10.3 Å². The monoisotopic (exact) mass is 533 g/mol. The number of nitro groups is 1. The average Bonchev–Trinajstić information content (AvgIpc) is 3.29. The molecule has 0 saturated carbocycles. The SMILES string of the molecule is CC(C)(C)OC(=O)NCCc1c[nH]c2ccc(OCCOc3ccc(Oc4ccccc4[N+](=O)[O-])cc3)cc12. The number of nitrogens with one attached hydrogen (secondary N) is 2. The Kier molecular flexibility index (Phi) is 8.55. The molecule has 4 aromatic rings. The first-order chi connectivity index (χ1) is 18.7. The summed E-state index contributed by atoms with van der Waals surface area (Å²) < 4.78 is 22.6. The summed E-state index contributed by atoms with van der Waals surface area (Å²) in [5.41, 5.74) is 1.41. The number of hydrogen-bond donors (Lipinski definition) is 2. The van der Waals surface area contributed by atoms with E-state index in [4.69, 9.17) is 18.9 Å². The molecule has 39 heavy (non-hydrogen) atoms. The van der Waals surface area contributed by atoms with E-state index in [-0.39, 0.29) is 11.4 Å². The van der Waals surface area contributed by atoms with Crippen LogP contribution in [0.2, 0.25) is 0 Å². The predicted octanol–water partition coefficient (Wildman–Crippen LogP) is 6.39. The van der Waals surface area contributed by atoms with E-state index in [9.17, 15) is 14.9 Å². The molecule has 2 N–H and O–H groups in total. The maximum Gasteiger partial charge on any atom is 0.407 e. The molecular formula is C29H31N3O7. The van der Waals surface area contributed by atoms with Gasteiger partial charge in [0.15, 0.2) is 0 Å². The lowest BCUT2D eigenvalue weighted by Gasteiger charge is -2.19. The number of fused-ring (bicyclic) bond motifs is 1. The lowest BCUT2D eigenvalue weighted by atomic mass is 10.1. The number of carbonyl (C=O) groups excluding carboxylic acids is 1. The molecule has 4 rings (SSSR count). The Morgan fingerprint density at radius 3 is 2.33 bits per heavy atom. The van der Waals surface area contributed by atoms with Crippen molar-refractivity contribution in [2.45, 2.75) is 32.8 Å². The molecule has 0 spiro atoms. The molecular weight excluding hydrogens is 502 g/mol. The van der Waals surface area contributed by atoms with Crippen LogP contribution in [0.15, 0.2) is 72.9 Å². The molecule has 0 aliphatic heterocycles. The van der Waals surface area contributed by atoms with Crippen LogP contribution in [0.4, 0.5) is 10.5 Å². The fourth-order valence-electron chi connectivity index (χ4n) is 3.81. The second-order valence-corrected chi connectivity index (χ2v) is 9.70. The quantitative estimate of drug-likeness (QED) is 0.130. The minimum atomic E-state index is -0.535. The maximum atomic E-state index is 11.9. The van der Waals surface area contributed by atoms with E-state index < -0.39 is 16.6 Å². The molecule has 0 radical (unpaired) electrons. The summed E-state index contributed by atoms with van der Waals surface area (Å²) in [5, 5.41) is 15.0. The smallest absolute Gasteiger partial charge is 0.407 e. The molecule has 0 bridgehead atoms. The minimum absolute atomic E-state index is 0.0996. The van der Waals surface area contributed by atoms with Gasteiger partial charge in [-0.05, 0) is 81.3 Å². The number of carbonyl (C=O) groups is 1. The number of alkyl carbamates (subject to hydrolysis) is 1. The second-order valence-electron chi connectivity index (χ2n) is 9.70. The van der Waals surface area contributed by atoms with Gasteiger partial charge in [-0.2, -0.15) is 0 Å². The first kappa shape index (κ1) is 27.3. The van der Waals surface area contributed by atoms with Gasteiger partial charge in [-0.3, -0.25) is 10.1 Å². The number of benzene rings is 3. The van der Waals surface area contributed by atoms with Gasteiger partial charge in [-0.25, -0.2) is 4.79 Å². The molecule has 0 atom stereocenters. The molecule has 1 aromatic heterocycles. The van der Waals surface area contributed by atoms with Crippen molar-refractivity contribution in [2.75, 3.05) is 19.8 Å². The van der Waals surface area contributed by atoms with Crippen LogP contribution in [0.25, 0.3) is 10.9 Å². The van der Waals surface area contributed by atoms with Gasteiger partial charge < -0.3 is 29.2 Å². The van der Waals surface area contributed by atoms with Crippen LogP contribution >= 0.6 is 0 Å². The van der Waals surface area contributed by atoms with Crippen molar-refractivity contribution in [2.24, 2.45) is 0 Å². The number of nitrogens with zero attached hydrogens (tertiary/aromatic N) is 1. The Morgan fingerprint density at radius 2 is 1.62 bits per heavy atom. The molecule has 204 valence electrons. The Hall–Kier alpha value is -4.73. The summed E-state index contributed by atoms with van der Waals surface area (Å²) in [6.07, 6.45) is 2.13. The second kappa shape index (κ2) is 12.2. The van der Waals surface area contributed by atoms with Crippen LogP contribution < -0.4 is 19.5 Å². The van der Waals surface area contributed by atoms with Crippen LogP contribution in [0, 0.1) is 10.1 Å². The number of rotatable bonds is 11. The topological polar surface area (TPSA) is 125 Å². The number of nitro benzene ring substituents is 1. The first-order valence-electron chi connectivity index (χ1n) is 12.5. The third-order valence-electron chi connectivity index (χ3n) is 5.54. The third-order valence-corrected chi connectivity index (χ3v) is 5.54. The summed E-state index contributed by atoms with van der Waals surface area (Å²) in [5.74, 6) is 1.96. The molecule has 0 unspecified atom stereocenters. The van der Waals surface area contributed by atoms with Gasteiger partial charge in [0.1, 0.15) is 36.1 Å². The molecule has 0 fully saturated rings. The molecule has 0 saturated heterocycles. The molecule has 0 aliphatic carbocycles. The minimum Gasteiger partial charge on any atom is -0.490 e. The van der Waals surface area contributed by atoms with E-state index >= 15 is 0 Å². The molecule has 3 aromatic carbocycles. The first-order valence-corrected chi connectivity index (χ1v) is 12.5. The summed E-state index contributed by atoms with van der Waals surface area (Å²) in [4.78, 5) is 25.8. The van der Waals surface area contributed by atoms with E-state index in [0.717, 1.165) is 16.5 Å².